The summed E-state index contributed by atoms with van der Waals surface area (Å²) in [5.41, 5.74) is -14.9. The highest BCUT2D eigenvalue weighted by molar-refractivity contribution is 6.33. The summed E-state index contributed by atoms with van der Waals surface area (Å²) in [5.74, 6) is 0. The molecule has 0 N–H and O–H groups in total. The zero-order chi connectivity index (χ0) is 45.7. The Hall–Kier alpha value is -8.00. The SMILES string of the molecule is N#Cc1ccc(-c2cc3c(=O)n4c5cc(C(F)(F)F)cc(C(F)(F)F)c5nc4c4c(-c5ccc(C#N)cc5)cc5c(=O)n6c7cc(C(F)(F)F)cc(C(F)(F)F)c7nc6c2c5c34)cc1. The molecule has 10 rings (SSSR count). The number of pyridine rings is 2. The lowest BCUT2D eigenvalue weighted by molar-refractivity contribution is -0.143. The molecule has 0 atom stereocenters. The lowest BCUT2D eigenvalue weighted by Crippen LogP contribution is -2.18. The first-order valence-electron chi connectivity index (χ1n) is 18.2. The van der Waals surface area contributed by atoms with Crippen LogP contribution in [-0.2, 0) is 24.7 Å². The van der Waals surface area contributed by atoms with Gasteiger partial charge in [-0.3, -0.25) is 18.4 Å². The molecule has 0 saturated carbocycles. The molecule has 8 nitrogen and oxygen atoms in total. The Morgan fingerprint density at radius 2 is 0.797 bits per heavy atom. The molecule has 10 aromatic rings. The summed E-state index contributed by atoms with van der Waals surface area (Å²) < 4.78 is 174. The molecule has 0 aliphatic heterocycles. The summed E-state index contributed by atoms with van der Waals surface area (Å²) in [6.07, 6.45) is -21.6. The predicted molar refractivity (Wildman–Crippen MR) is 207 cm³/mol. The predicted octanol–water partition coefficient (Wildman–Crippen LogP) is 11.5. The number of nitrogens with zero attached hydrogens (tertiary/aromatic N) is 6. The van der Waals surface area contributed by atoms with Crippen LogP contribution in [0.25, 0.3) is 87.9 Å². The van der Waals surface area contributed by atoms with Crippen molar-refractivity contribution >= 4 is 65.7 Å². The first-order valence-corrected chi connectivity index (χ1v) is 18.2. The van der Waals surface area contributed by atoms with Crippen LogP contribution < -0.4 is 11.1 Å². The number of hydrogen-bond donors (Lipinski definition) is 0. The van der Waals surface area contributed by atoms with E-state index >= 15 is 0 Å². The Bertz CT molecular complexity index is 3640. The number of alkyl halides is 12. The molecule has 6 aromatic carbocycles. The van der Waals surface area contributed by atoms with Gasteiger partial charge in [0.25, 0.3) is 11.1 Å². The van der Waals surface area contributed by atoms with E-state index in [9.17, 15) is 72.8 Å². The van der Waals surface area contributed by atoms with E-state index in [0.717, 1.165) is 12.1 Å². The summed E-state index contributed by atoms with van der Waals surface area (Å²) in [4.78, 5) is 38.2. The highest BCUT2D eigenvalue weighted by Crippen LogP contribution is 2.48. The normalized spacial score (nSPS) is 13.1. The van der Waals surface area contributed by atoms with Crippen molar-refractivity contribution in [2.75, 3.05) is 0 Å². The molecule has 64 heavy (non-hydrogen) atoms. The van der Waals surface area contributed by atoms with Gasteiger partial charge in [-0.2, -0.15) is 63.2 Å². The van der Waals surface area contributed by atoms with Crippen molar-refractivity contribution in [2.45, 2.75) is 24.7 Å². The van der Waals surface area contributed by atoms with Crippen LogP contribution in [-0.4, -0.2) is 18.8 Å². The van der Waals surface area contributed by atoms with E-state index in [4.69, 9.17) is 0 Å². The summed E-state index contributed by atoms with van der Waals surface area (Å²) >= 11 is 0. The maximum atomic E-state index is 14.9. The van der Waals surface area contributed by atoms with Crippen LogP contribution in [0.15, 0.2) is 94.5 Å². The second kappa shape index (κ2) is 12.8. The molecule has 0 aliphatic rings. The number of fused-ring (bicyclic) bond motifs is 8. The maximum absolute atomic E-state index is 14.9. The number of hydrogen-bond acceptors (Lipinski definition) is 6. The lowest BCUT2D eigenvalue weighted by atomic mass is 9.87. The topological polar surface area (TPSA) is 116 Å². The highest BCUT2D eigenvalue weighted by Gasteiger charge is 2.42. The van der Waals surface area contributed by atoms with Gasteiger partial charge in [0, 0.05) is 32.3 Å². The van der Waals surface area contributed by atoms with Crippen molar-refractivity contribution in [2.24, 2.45) is 0 Å². The standard InChI is InChI=1S/C44H14F12N6O2/c45-41(46,47)21-9-27(43(51,52)53)35-29(11-21)61-37(59-35)33-23(19-5-1-17(15-57)2-6-19)13-25-32-31(33)26(40(61)64)14-24(20-7-3-18(16-58)4-8-20)34(32)38-60-36-28(44(54,55)56)10-22(42(48,49)50)12-30(36)62(38)39(25)63/h1-14H. The fourth-order valence-corrected chi connectivity index (χ4v) is 8.44. The van der Waals surface area contributed by atoms with Crippen LogP contribution in [0.5, 0.6) is 0 Å². The third-order valence-corrected chi connectivity index (χ3v) is 11.2. The number of aromatic nitrogens is 4. The highest BCUT2D eigenvalue weighted by atomic mass is 19.4. The Balaban J connectivity index is 1.54. The molecule has 0 aliphatic carbocycles. The van der Waals surface area contributed by atoms with Gasteiger partial charge in [0.05, 0.1) is 56.6 Å². The van der Waals surface area contributed by atoms with Gasteiger partial charge in [-0.25, -0.2) is 9.97 Å². The second-order valence-corrected chi connectivity index (χ2v) is 14.7. The number of halogens is 12. The van der Waals surface area contributed by atoms with Crippen LogP contribution in [0.2, 0.25) is 0 Å². The Morgan fingerprint density at radius 3 is 1.09 bits per heavy atom. The first kappa shape index (κ1) is 40.1. The number of benzene rings is 6. The van der Waals surface area contributed by atoms with E-state index in [1.165, 1.54) is 48.5 Å². The smallest absolute Gasteiger partial charge is 0.268 e. The van der Waals surface area contributed by atoms with Gasteiger partial charge in [-0.15, -0.1) is 0 Å². The lowest BCUT2D eigenvalue weighted by Gasteiger charge is -2.19. The Morgan fingerprint density at radius 1 is 0.453 bits per heavy atom. The van der Waals surface area contributed by atoms with Crippen molar-refractivity contribution in [3.63, 3.8) is 0 Å². The molecule has 4 aromatic heterocycles. The van der Waals surface area contributed by atoms with Crippen molar-refractivity contribution in [3.05, 3.63) is 139 Å². The van der Waals surface area contributed by atoms with Gasteiger partial charge in [-0.05, 0) is 82.9 Å². The number of nitriles is 2. The minimum Gasteiger partial charge on any atom is -0.268 e. The van der Waals surface area contributed by atoms with Gasteiger partial charge in [0.1, 0.15) is 22.3 Å². The molecule has 0 saturated heterocycles. The number of imidazole rings is 2. The fourth-order valence-electron chi connectivity index (χ4n) is 8.44. The molecule has 4 heterocycles. The van der Waals surface area contributed by atoms with Crippen LogP contribution in [0.3, 0.4) is 0 Å². The van der Waals surface area contributed by atoms with Gasteiger partial charge < -0.3 is 0 Å². The van der Waals surface area contributed by atoms with Crippen molar-refractivity contribution < 1.29 is 52.7 Å². The van der Waals surface area contributed by atoms with Crippen molar-refractivity contribution in [1.29, 1.82) is 10.5 Å². The van der Waals surface area contributed by atoms with Crippen LogP contribution >= 0.6 is 0 Å². The van der Waals surface area contributed by atoms with Crippen molar-refractivity contribution in [3.8, 4) is 34.4 Å². The zero-order valence-corrected chi connectivity index (χ0v) is 31.1. The molecule has 0 bridgehead atoms. The average molecular weight is 887 g/mol. The van der Waals surface area contributed by atoms with Crippen LogP contribution in [0.1, 0.15) is 33.4 Å². The molecular weight excluding hydrogens is 872 g/mol. The molecule has 316 valence electrons. The summed E-state index contributed by atoms with van der Waals surface area (Å²) in [7, 11) is 0. The van der Waals surface area contributed by atoms with E-state index in [1.807, 2.05) is 12.1 Å². The zero-order valence-electron chi connectivity index (χ0n) is 31.1. The van der Waals surface area contributed by atoms with Gasteiger partial charge >= 0.3 is 24.7 Å². The fraction of sp³-hybridized carbons (Fsp3) is 0.0909. The Labute approximate surface area is 345 Å². The van der Waals surface area contributed by atoms with E-state index in [0.29, 0.717) is 20.9 Å². The van der Waals surface area contributed by atoms with E-state index in [-0.39, 0.29) is 67.1 Å². The molecule has 0 spiro atoms. The molecule has 0 fully saturated rings. The third-order valence-electron chi connectivity index (χ3n) is 11.2. The minimum atomic E-state index is -5.46. The number of rotatable bonds is 2. The molecule has 0 radical (unpaired) electrons. The van der Waals surface area contributed by atoms with Gasteiger partial charge in [-0.1, -0.05) is 24.3 Å². The molecule has 0 unspecified atom stereocenters. The van der Waals surface area contributed by atoms with E-state index in [2.05, 4.69) is 9.97 Å². The monoisotopic (exact) mass is 886 g/mol. The van der Waals surface area contributed by atoms with Crippen LogP contribution in [0.4, 0.5) is 52.7 Å². The minimum absolute atomic E-state index is 0.0867. The second-order valence-electron chi connectivity index (χ2n) is 14.7. The Kier molecular flexibility index (Phi) is 8.01. The van der Waals surface area contributed by atoms with Crippen LogP contribution in [0, 0.1) is 22.7 Å². The summed E-state index contributed by atoms with van der Waals surface area (Å²) in [5, 5.41) is 17.1. The molecular formula is C44H14F12N6O2. The van der Waals surface area contributed by atoms with Crippen molar-refractivity contribution in [1.82, 2.24) is 18.8 Å². The summed E-state index contributed by atoms with van der Waals surface area (Å²) in [6.45, 7) is 0. The quantitative estimate of drug-likeness (QED) is 0.126. The van der Waals surface area contributed by atoms with E-state index in [1.54, 1.807) is 0 Å². The molecule has 0 amide bonds. The van der Waals surface area contributed by atoms with Gasteiger partial charge in [0.15, 0.2) is 0 Å². The molecule has 20 heteroatoms. The maximum Gasteiger partial charge on any atom is 0.418 e. The largest absolute Gasteiger partial charge is 0.418 e. The average Bonchev–Trinajstić information content (AvgIpc) is 3.82. The van der Waals surface area contributed by atoms with E-state index < -0.39 is 102 Å². The first-order chi connectivity index (χ1) is 30.0. The summed E-state index contributed by atoms with van der Waals surface area (Å²) in [6, 6.07) is 16.8. The van der Waals surface area contributed by atoms with Gasteiger partial charge in [0.2, 0.25) is 0 Å². The third kappa shape index (κ3) is 5.64.